The van der Waals surface area contributed by atoms with Gasteiger partial charge >= 0.3 is 5.97 Å². The van der Waals surface area contributed by atoms with E-state index in [1.165, 1.54) is 0 Å². The Labute approximate surface area is 117 Å². The largest absolute Gasteiger partial charge is 0.476 e. The van der Waals surface area contributed by atoms with Crippen LogP contribution in [0, 0.1) is 0 Å². The lowest BCUT2D eigenvalue weighted by atomic mass is 10.00. The molecule has 19 heavy (non-hydrogen) atoms. The number of aromatic nitrogens is 1. The molecule has 1 aliphatic rings. The molecule has 1 N–H and O–H groups in total. The molecule has 0 spiro atoms. The molecule has 5 nitrogen and oxygen atoms in total. The van der Waals surface area contributed by atoms with Crippen molar-refractivity contribution in [3.8, 4) is 0 Å². The van der Waals surface area contributed by atoms with Crippen LogP contribution in [0.1, 0.15) is 24.3 Å². The van der Waals surface area contributed by atoms with Gasteiger partial charge in [0, 0.05) is 25.2 Å². The van der Waals surface area contributed by atoms with E-state index in [-0.39, 0.29) is 16.3 Å². The number of likely N-dealkylation sites (N-methyl/N-ethyl adjacent to an activating group) is 1. The first-order valence-electron chi connectivity index (χ1n) is 6.17. The molecule has 0 saturated carbocycles. The fraction of sp³-hybridized carbons (Fsp3) is 0.538. The van der Waals surface area contributed by atoms with Gasteiger partial charge < -0.3 is 10.0 Å². The first kappa shape index (κ1) is 14.1. The predicted octanol–water partition coefficient (Wildman–Crippen LogP) is 1.96. The molecule has 1 aromatic rings. The van der Waals surface area contributed by atoms with Gasteiger partial charge in [-0.2, -0.15) is 0 Å². The zero-order valence-corrected chi connectivity index (χ0v) is 12.1. The third kappa shape index (κ3) is 2.82. The van der Waals surface area contributed by atoms with Crippen LogP contribution in [-0.2, 0) is 0 Å². The topological polar surface area (TPSA) is 56.7 Å². The normalized spacial score (nSPS) is 19.5. The van der Waals surface area contributed by atoms with Gasteiger partial charge in [0.2, 0.25) is 0 Å². The number of hydrogen-bond donors (Lipinski definition) is 1. The highest BCUT2D eigenvalue weighted by Gasteiger charge is 2.31. The number of hydrogen-bond acceptors (Lipinski definition) is 4. The predicted molar refractivity (Wildman–Crippen MR) is 75.1 cm³/mol. The lowest BCUT2D eigenvalue weighted by Gasteiger charge is -2.45. The summed E-state index contributed by atoms with van der Waals surface area (Å²) in [6.07, 6.45) is 0. The number of carboxylic acid groups (broad SMARTS) is 1. The number of carboxylic acids is 1. The summed E-state index contributed by atoms with van der Waals surface area (Å²) in [5, 5.41) is 9.23. The average Bonchev–Trinajstić information content (AvgIpc) is 2.33. The summed E-state index contributed by atoms with van der Waals surface area (Å²) in [6, 6.07) is 3.37. The lowest BCUT2D eigenvalue weighted by molar-refractivity contribution is 0.0690. The number of aromatic carboxylic acids is 1. The van der Waals surface area contributed by atoms with Crippen molar-refractivity contribution in [1.82, 2.24) is 9.88 Å². The van der Waals surface area contributed by atoms with Gasteiger partial charge in [0.25, 0.3) is 0 Å². The van der Waals surface area contributed by atoms with E-state index in [1.54, 1.807) is 12.1 Å². The summed E-state index contributed by atoms with van der Waals surface area (Å²) in [4.78, 5) is 19.6. The van der Waals surface area contributed by atoms with Crippen LogP contribution < -0.4 is 4.90 Å². The summed E-state index contributed by atoms with van der Waals surface area (Å²) >= 11 is 5.84. The monoisotopic (exact) mass is 283 g/mol. The Balaban J connectivity index is 2.28. The number of anilines is 1. The maximum Gasteiger partial charge on any atom is 0.356 e. The van der Waals surface area contributed by atoms with E-state index in [0.29, 0.717) is 5.82 Å². The number of nitrogens with zero attached hydrogens (tertiary/aromatic N) is 3. The third-order valence-electron chi connectivity index (χ3n) is 3.67. The Morgan fingerprint density at radius 2 is 2.11 bits per heavy atom. The zero-order chi connectivity index (χ0) is 14.2. The molecule has 0 bridgehead atoms. The number of piperazine rings is 1. The molecule has 0 unspecified atom stereocenters. The molecule has 0 aromatic carbocycles. The maximum atomic E-state index is 11.1. The Morgan fingerprint density at radius 3 is 2.68 bits per heavy atom. The zero-order valence-electron chi connectivity index (χ0n) is 11.4. The Bertz CT molecular complexity index is 505. The van der Waals surface area contributed by atoms with Crippen molar-refractivity contribution < 1.29 is 9.90 Å². The Hall–Kier alpha value is -1.33. The summed E-state index contributed by atoms with van der Waals surface area (Å²) in [6.45, 7) is 6.87. The lowest BCUT2D eigenvalue weighted by Crippen LogP contribution is -2.57. The smallest absolute Gasteiger partial charge is 0.356 e. The van der Waals surface area contributed by atoms with E-state index < -0.39 is 5.97 Å². The van der Waals surface area contributed by atoms with Crippen LogP contribution in [0.25, 0.3) is 0 Å². The van der Waals surface area contributed by atoms with Crippen LogP contribution in [-0.4, -0.2) is 53.2 Å². The highest BCUT2D eigenvalue weighted by molar-refractivity contribution is 6.33. The molecule has 2 heterocycles. The first-order chi connectivity index (χ1) is 8.81. The van der Waals surface area contributed by atoms with E-state index in [2.05, 4.69) is 35.7 Å². The van der Waals surface area contributed by atoms with E-state index in [4.69, 9.17) is 16.7 Å². The van der Waals surface area contributed by atoms with Crippen molar-refractivity contribution in [3.63, 3.8) is 0 Å². The second-order valence-electron chi connectivity index (χ2n) is 5.46. The number of pyridine rings is 1. The van der Waals surface area contributed by atoms with Gasteiger partial charge in [0.1, 0.15) is 5.82 Å². The second-order valence-corrected chi connectivity index (χ2v) is 5.87. The van der Waals surface area contributed by atoms with Crippen molar-refractivity contribution in [2.24, 2.45) is 0 Å². The minimum absolute atomic E-state index is 0.0307. The Morgan fingerprint density at radius 1 is 1.42 bits per heavy atom. The van der Waals surface area contributed by atoms with Crippen LogP contribution in [0.15, 0.2) is 12.1 Å². The molecule has 2 rings (SSSR count). The SMILES string of the molecule is CN1CCN(c2ccc(Cl)c(C(=O)O)n2)CC1(C)C. The molecule has 0 radical (unpaired) electrons. The standard InChI is InChI=1S/C13H18ClN3O2/c1-13(2)8-17(7-6-16(13)3)10-5-4-9(14)11(15-10)12(18)19/h4-5H,6-8H2,1-3H3,(H,18,19). The molecule has 104 valence electrons. The van der Waals surface area contributed by atoms with Gasteiger partial charge in [0.15, 0.2) is 5.69 Å². The second kappa shape index (κ2) is 4.98. The number of carbonyl (C=O) groups is 1. The summed E-state index contributed by atoms with van der Waals surface area (Å²) in [7, 11) is 2.09. The molecule has 0 amide bonds. The van der Waals surface area contributed by atoms with Gasteiger partial charge in [-0.25, -0.2) is 9.78 Å². The highest BCUT2D eigenvalue weighted by Crippen LogP contribution is 2.25. The van der Waals surface area contributed by atoms with Crippen molar-refractivity contribution in [3.05, 3.63) is 22.8 Å². The van der Waals surface area contributed by atoms with E-state index >= 15 is 0 Å². The van der Waals surface area contributed by atoms with Crippen LogP contribution in [0.4, 0.5) is 5.82 Å². The summed E-state index contributed by atoms with van der Waals surface area (Å²) < 4.78 is 0. The number of rotatable bonds is 2. The van der Waals surface area contributed by atoms with Crippen LogP contribution >= 0.6 is 11.6 Å². The molecule has 1 saturated heterocycles. The van der Waals surface area contributed by atoms with Gasteiger partial charge in [-0.3, -0.25) is 4.90 Å². The molecule has 0 aliphatic carbocycles. The molecule has 1 fully saturated rings. The molecule has 6 heteroatoms. The van der Waals surface area contributed by atoms with Crippen LogP contribution in [0.3, 0.4) is 0 Å². The van der Waals surface area contributed by atoms with E-state index in [9.17, 15) is 4.79 Å². The van der Waals surface area contributed by atoms with Gasteiger partial charge in [0.05, 0.1) is 5.02 Å². The maximum absolute atomic E-state index is 11.1. The molecular formula is C13H18ClN3O2. The van der Waals surface area contributed by atoms with Gasteiger partial charge in [-0.15, -0.1) is 0 Å². The molecule has 1 aliphatic heterocycles. The Kier molecular flexibility index (Phi) is 3.69. The number of halogens is 1. The fourth-order valence-electron chi connectivity index (χ4n) is 2.19. The molecular weight excluding hydrogens is 266 g/mol. The minimum Gasteiger partial charge on any atom is -0.476 e. The van der Waals surface area contributed by atoms with Gasteiger partial charge in [-0.05, 0) is 33.0 Å². The van der Waals surface area contributed by atoms with Crippen molar-refractivity contribution >= 4 is 23.4 Å². The average molecular weight is 284 g/mol. The quantitative estimate of drug-likeness (QED) is 0.899. The third-order valence-corrected chi connectivity index (χ3v) is 3.98. The van der Waals surface area contributed by atoms with Crippen LogP contribution in [0.5, 0.6) is 0 Å². The van der Waals surface area contributed by atoms with Crippen molar-refractivity contribution in [2.75, 3.05) is 31.6 Å². The van der Waals surface area contributed by atoms with E-state index in [0.717, 1.165) is 19.6 Å². The molecule has 0 atom stereocenters. The van der Waals surface area contributed by atoms with E-state index in [1.807, 2.05) is 0 Å². The summed E-state index contributed by atoms with van der Waals surface area (Å²) in [5.74, 6) is -0.428. The van der Waals surface area contributed by atoms with Crippen molar-refractivity contribution in [1.29, 1.82) is 0 Å². The minimum atomic E-state index is -1.10. The van der Waals surface area contributed by atoms with Gasteiger partial charge in [-0.1, -0.05) is 11.6 Å². The summed E-state index contributed by atoms with van der Waals surface area (Å²) in [5.41, 5.74) is -0.0564. The fourth-order valence-corrected chi connectivity index (χ4v) is 2.38. The highest BCUT2D eigenvalue weighted by atomic mass is 35.5. The first-order valence-corrected chi connectivity index (χ1v) is 6.55. The van der Waals surface area contributed by atoms with Crippen LogP contribution in [0.2, 0.25) is 5.02 Å². The molecule has 1 aromatic heterocycles. The van der Waals surface area contributed by atoms with Crippen molar-refractivity contribution in [2.45, 2.75) is 19.4 Å².